The highest BCUT2D eigenvalue weighted by molar-refractivity contribution is 5.79. The molecule has 1 aromatic heterocycles. The minimum Gasteiger partial charge on any atom is -0.479 e. The molecular weight excluding hydrogens is 276 g/mol. The smallest absolute Gasteiger partial charge is 0.334 e. The fourth-order valence-electron chi connectivity index (χ4n) is 2.71. The molecule has 2 heterocycles. The molecule has 1 aliphatic heterocycles. The van der Waals surface area contributed by atoms with Crippen molar-refractivity contribution >= 4 is 11.9 Å². The first-order valence-corrected chi connectivity index (χ1v) is 6.95. The molecule has 7 nitrogen and oxygen atoms in total. The monoisotopic (exact) mass is 296 g/mol. The third-order valence-corrected chi connectivity index (χ3v) is 3.76. The average molecular weight is 296 g/mol. The molecule has 1 saturated heterocycles. The molecular formula is C14H20N2O5. The van der Waals surface area contributed by atoms with Crippen LogP contribution in [0.1, 0.15) is 36.3 Å². The second-order valence-corrected chi connectivity index (χ2v) is 5.38. The van der Waals surface area contributed by atoms with Crippen LogP contribution in [0.3, 0.4) is 0 Å². The Morgan fingerprint density at radius 3 is 2.76 bits per heavy atom. The molecule has 0 saturated carbocycles. The first-order chi connectivity index (χ1) is 9.90. The van der Waals surface area contributed by atoms with Gasteiger partial charge >= 0.3 is 5.97 Å². The Labute approximate surface area is 122 Å². The normalized spacial score (nSPS) is 20.3. The maximum absolute atomic E-state index is 12.3. The fourth-order valence-corrected chi connectivity index (χ4v) is 2.71. The first kappa shape index (κ1) is 15.5. The molecule has 21 heavy (non-hydrogen) atoms. The molecule has 0 aliphatic carbocycles. The van der Waals surface area contributed by atoms with Crippen molar-refractivity contribution < 1.29 is 24.0 Å². The molecule has 1 aliphatic rings. The summed E-state index contributed by atoms with van der Waals surface area (Å²) in [6.45, 7) is 6.40. The number of nitrogens with zero attached hydrogens (tertiary/aromatic N) is 2. The van der Waals surface area contributed by atoms with E-state index >= 15 is 0 Å². The molecule has 1 amide bonds. The Hall–Kier alpha value is -1.89. The van der Waals surface area contributed by atoms with Crippen molar-refractivity contribution in [3.63, 3.8) is 0 Å². The summed E-state index contributed by atoms with van der Waals surface area (Å²) < 4.78 is 10.2. The fraction of sp³-hybridized carbons (Fsp3) is 0.643. The number of carbonyl (C=O) groups is 2. The van der Waals surface area contributed by atoms with Gasteiger partial charge in [0.1, 0.15) is 5.76 Å². The van der Waals surface area contributed by atoms with E-state index in [-0.39, 0.29) is 25.0 Å². The molecule has 2 unspecified atom stereocenters. The third kappa shape index (κ3) is 3.41. The minimum absolute atomic E-state index is 0.0186. The molecule has 7 heteroatoms. The van der Waals surface area contributed by atoms with Crippen LogP contribution in [0.25, 0.3) is 0 Å². The van der Waals surface area contributed by atoms with Crippen LogP contribution in [0.15, 0.2) is 4.52 Å². The molecule has 0 bridgehead atoms. The van der Waals surface area contributed by atoms with Crippen LogP contribution in [0.4, 0.5) is 0 Å². The predicted octanol–water partition coefficient (Wildman–Crippen LogP) is 1.10. The molecule has 116 valence electrons. The second kappa shape index (κ2) is 6.26. The summed E-state index contributed by atoms with van der Waals surface area (Å²) in [5.41, 5.74) is 1.74. The van der Waals surface area contributed by atoms with E-state index in [9.17, 15) is 9.59 Å². The van der Waals surface area contributed by atoms with Crippen LogP contribution < -0.4 is 0 Å². The zero-order valence-electron chi connectivity index (χ0n) is 12.5. The number of ether oxygens (including phenoxy) is 1. The van der Waals surface area contributed by atoms with E-state index in [2.05, 4.69) is 5.16 Å². The zero-order chi connectivity index (χ0) is 15.6. The van der Waals surface area contributed by atoms with Gasteiger partial charge in [0, 0.05) is 18.5 Å². The Morgan fingerprint density at radius 2 is 2.19 bits per heavy atom. The lowest BCUT2D eigenvalue weighted by Gasteiger charge is -2.31. The molecule has 1 N–H and O–H groups in total. The van der Waals surface area contributed by atoms with E-state index in [4.69, 9.17) is 14.4 Å². The van der Waals surface area contributed by atoms with Crippen molar-refractivity contribution in [1.82, 2.24) is 10.1 Å². The van der Waals surface area contributed by atoms with Crippen LogP contribution >= 0.6 is 0 Å². The van der Waals surface area contributed by atoms with Crippen molar-refractivity contribution in [2.45, 2.75) is 39.2 Å². The van der Waals surface area contributed by atoms with Crippen LogP contribution in [-0.2, 0) is 14.3 Å². The number of rotatable bonds is 4. The number of amides is 1. The topological polar surface area (TPSA) is 92.9 Å². The molecule has 0 aromatic carbocycles. The lowest BCUT2D eigenvalue weighted by Crippen LogP contribution is -2.48. The lowest BCUT2D eigenvalue weighted by atomic mass is 9.95. The van der Waals surface area contributed by atoms with Gasteiger partial charge in [-0.15, -0.1) is 0 Å². The van der Waals surface area contributed by atoms with Crippen LogP contribution in [-0.4, -0.2) is 52.8 Å². The Morgan fingerprint density at radius 1 is 1.48 bits per heavy atom. The number of carboxylic acid groups (broad SMARTS) is 1. The molecule has 2 rings (SSSR count). The number of hydrogen-bond acceptors (Lipinski definition) is 5. The number of aliphatic carboxylic acids is 1. The van der Waals surface area contributed by atoms with Gasteiger partial charge in [-0.2, -0.15) is 0 Å². The maximum atomic E-state index is 12.3. The van der Waals surface area contributed by atoms with E-state index in [0.717, 1.165) is 17.0 Å². The summed E-state index contributed by atoms with van der Waals surface area (Å²) in [6.07, 6.45) is -0.632. The van der Waals surface area contributed by atoms with E-state index < -0.39 is 12.1 Å². The van der Waals surface area contributed by atoms with Gasteiger partial charge in [0.2, 0.25) is 5.91 Å². The van der Waals surface area contributed by atoms with Gasteiger partial charge < -0.3 is 19.3 Å². The number of aryl methyl sites for hydroxylation is 2. The SMILES string of the molecule is Cc1noc(C)c1C(C)CC(=O)N1CCOC(C(=O)O)C1. The minimum atomic E-state index is -1.04. The molecule has 0 radical (unpaired) electrons. The van der Waals surface area contributed by atoms with Gasteiger partial charge in [-0.05, 0) is 19.8 Å². The number of morpholine rings is 1. The summed E-state index contributed by atoms with van der Waals surface area (Å²) in [7, 11) is 0. The maximum Gasteiger partial charge on any atom is 0.334 e. The Kier molecular flexibility index (Phi) is 4.62. The number of carboxylic acids is 1. The molecule has 0 spiro atoms. The van der Waals surface area contributed by atoms with Crippen LogP contribution in [0, 0.1) is 13.8 Å². The van der Waals surface area contributed by atoms with Crippen molar-refractivity contribution in [2.75, 3.05) is 19.7 Å². The summed E-state index contributed by atoms with van der Waals surface area (Å²) >= 11 is 0. The van der Waals surface area contributed by atoms with Crippen LogP contribution in [0.2, 0.25) is 0 Å². The summed E-state index contributed by atoms with van der Waals surface area (Å²) in [5, 5.41) is 12.9. The van der Waals surface area contributed by atoms with E-state index in [1.54, 1.807) is 4.90 Å². The van der Waals surface area contributed by atoms with Gasteiger partial charge in [-0.25, -0.2) is 4.79 Å². The highest BCUT2D eigenvalue weighted by Gasteiger charge is 2.30. The predicted molar refractivity (Wildman–Crippen MR) is 73.0 cm³/mol. The van der Waals surface area contributed by atoms with Crippen molar-refractivity contribution in [2.24, 2.45) is 0 Å². The quantitative estimate of drug-likeness (QED) is 0.894. The van der Waals surface area contributed by atoms with Crippen molar-refractivity contribution in [3.8, 4) is 0 Å². The lowest BCUT2D eigenvalue weighted by molar-refractivity contribution is -0.159. The summed E-state index contributed by atoms with van der Waals surface area (Å²) in [4.78, 5) is 24.8. The average Bonchev–Trinajstić information content (AvgIpc) is 2.78. The van der Waals surface area contributed by atoms with E-state index in [1.807, 2.05) is 20.8 Å². The number of carbonyl (C=O) groups excluding carboxylic acids is 1. The zero-order valence-corrected chi connectivity index (χ0v) is 12.5. The van der Waals surface area contributed by atoms with Gasteiger partial charge in [0.05, 0.1) is 18.8 Å². The van der Waals surface area contributed by atoms with Crippen LogP contribution in [0.5, 0.6) is 0 Å². The van der Waals surface area contributed by atoms with E-state index in [0.29, 0.717) is 13.0 Å². The van der Waals surface area contributed by atoms with Gasteiger partial charge in [-0.3, -0.25) is 4.79 Å². The highest BCUT2D eigenvalue weighted by atomic mass is 16.5. The van der Waals surface area contributed by atoms with Gasteiger partial charge in [0.25, 0.3) is 0 Å². The Balaban J connectivity index is 1.99. The van der Waals surface area contributed by atoms with Gasteiger partial charge in [-0.1, -0.05) is 12.1 Å². The molecule has 2 atom stereocenters. The molecule has 1 aromatic rings. The highest BCUT2D eigenvalue weighted by Crippen LogP contribution is 2.26. The standard InChI is InChI=1S/C14H20N2O5/c1-8(13-9(2)15-21-10(13)3)6-12(17)16-4-5-20-11(7-16)14(18)19/h8,11H,4-7H2,1-3H3,(H,18,19). The van der Waals surface area contributed by atoms with Crippen molar-refractivity contribution in [1.29, 1.82) is 0 Å². The summed E-state index contributed by atoms with van der Waals surface area (Å²) in [5.74, 6) is -0.406. The largest absolute Gasteiger partial charge is 0.479 e. The molecule has 1 fully saturated rings. The number of hydrogen-bond donors (Lipinski definition) is 1. The third-order valence-electron chi connectivity index (χ3n) is 3.76. The Bertz CT molecular complexity index is 520. The van der Waals surface area contributed by atoms with Gasteiger partial charge in [0.15, 0.2) is 6.10 Å². The van der Waals surface area contributed by atoms with E-state index in [1.165, 1.54) is 0 Å². The van der Waals surface area contributed by atoms with Crippen molar-refractivity contribution in [3.05, 3.63) is 17.0 Å². The summed E-state index contributed by atoms with van der Waals surface area (Å²) in [6, 6.07) is 0. The number of aromatic nitrogens is 1. The second-order valence-electron chi connectivity index (χ2n) is 5.38. The first-order valence-electron chi connectivity index (χ1n) is 6.95.